The molecule has 5 nitrogen and oxygen atoms in total. The van der Waals surface area contributed by atoms with Crippen LogP contribution in [0.5, 0.6) is 0 Å². The first kappa shape index (κ1) is 16.6. The molecule has 1 aliphatic carbocycles. The molecule has 2 unspecified atom stereocenters. The van der Waals surface area contributed by atoms with Gasteiger partial charge >= 0.3 is 0 Å². The molecular formula is C19H14ClFN4OS. The second-order valence-electron chi connectivity index (χ2n) is 6.63. The number of benzene rings is 1. The van der Waals surface area contributed by atoms with Crippen LogP contribution in [-0.2, 0) is 4.79 Å². The highest BCUT2D eigenvalue weighted by atomic mass is 35.5. The number of fused-ring (bicyclic) bond motifs is 1. The number of thiophene rings is 1. The zero-order valence-corrected chi connectivity index (χ0v) is 15.6. The van der Waals surface area contributed by atoms with Gasteiger partial charge in [0.15, 0.2) is 5.78 Å². The van der Waals surface area contributed by atoms with E-state index < -0.39 is 11.9 Å². The third-order valence-corrected chi connectivity index (χ3v) is 6.44. The van der Waals surface area contributed by atoms with Crippen LogP contribution in [0, 0.1) is 5.82 Å². The third-order valence-electron chi connectivity index (χ3n) is 5.08. The summed E-state index contributed by atoms with van der Waals surface area (Å²) in [4.78, 5) is 18.6. The Morgan fingerprint density at radius 2 is 2.15 bits per heavy atom. The van der Waals surface area contributed by atoms with Gasteiger partial charge in [0.25, 0.3) is 0 Å². The van der Waals surface area contributed by atoms with Crippen molar-refractivity contribution in [3.63, 3.8) is 0 Å². The van der Waals surface area contributed by atoms with Crippen molar-refractivity contribution in [1.82, 2.24) is 14.8 Å². The first-order chi connectivity index (χ1) is 13.1. The maximum atomic E-state index is 14.7. The number of nitrogens with zero attached hydrogens (tertiary/aromatic N) is 3. The monoisotopic (exact) mass is 400 g/mol. The molecule has 2 aliphatic rings. The fourth-order valence-electron chi connectivity index (χ4n) is 3.92. The lowest BCUT2D eigenvalue weighted by atomic mass is 9.80. The highest BCUT2D eigenvalue weighted by molar-refractivity contribution is 7.10. The van der Waals surface area contributed by atoms with Crippen LogP contribution in [0.25, 0.3) is 0 Å². The zero-order chi connectivity index (χ0) is 18.5. The smallest absolute Gasteiger partial charge is 0.226 e. The quantitative estimate of drug-likeness (QED) is 0.685. The minimum Gasteiger partial charge on any atom is -0.328 e. The Kier molecular flexibility index (Phi) is 3.87. The summed E-state index contributed by atoms with van der Waals surface area (Å²) in [5.74, 6) is 0.108. The normalized spacial score (nSPS) is 21.6. The molecule has 1 N–H and O–H groups in total. The number of hydrogen-bond acceptors (Lipinski definition) is 5. The molecule has 3 aromatic rings. The van der Waals surface area contributed by atoms with E-state index in [-0.39, 0.29) is 22.3 Å². The van der Waals surface area contributed by atoms with Gasteiger partial charge in [-0.3, -0.25) is 4.79 Å². The number of ketones is 1. The summed E-state index contributed by atoms with van der Waals surface area (Å²) in [6.45, 7) is 0. The summed E-state index contributed by atoms with van der Waals surface area (Å²) >= 11 is 7.97. The number of rotatable bonds is 2. The van der Waals surface area contributed by atoms with Gasteiger partial charge in [-0.05, 0) is 30.0 Å². The zero-order valence-electron chi connectivity index (χ0n) is 14.0. The van der Waals surface area contributed by atoms with E-state index in [1.807, 2.05) is 17.5 Å². The Labute approximate surface area is 163 Å². The van der Waals surface area contributed by atoms with Crippen LogP contribution in [-0.4, -0.2) is 20.5 Å². The predicted octanol–water partition coefficient (Wildman–Crippen LogP) is 4.55. The van der Waals surface area contributed by atoms with Gasteiger partial charge in [0.1, 0.15) is 18.2 Å². The molecule has 0 radical (unpaired) electrons. The molecule has 27 heavy (non-hydrogen) atoms. The molecule has 5 rings (SSSR count). The molecule has 0 saturated heterocycles. The Morgan fingerprint density at radius 1 is 1.26 bits per heavy atom. The Balaban J connectivity index is 1.67. The summed E-state index contributed by atoms with van der Waals surface area (Å²) in [5, 5.41) is 9.73. The second kappa shape index (κ2) is 6.28. The predicted molar refractivity (Wildman–Crippen MR) is 102 cm³/mol. The largest absolute Gasteiger partial charge is 0.328 e. The molecule has 1 aliphatic heterocycles. The SMILES string of the molecule is O=C1CC(c2cccs2)CC2=C1C(c1c(F)cccc1Cl)n1ncnc1N2. The van der Waals surface area contributed by atoms with E-state index in [0.717, 1.165) is 5.70 Å². The van der Waals surface area contributed by atoms with Gasteiger partial charge in [-0.25, -0.2) is 9.07 Å². The molecule has 0 saturated carbocycles. The summed E-state index contributed by atoms with van der Waals surface area (Å²) in [7, 11) is 0. The summed E-state index contributed by atoms with van der Waals surface area (Å²) in [6.07, 6.45) is 2.44. The molecule has 1 aromatic carbocycles. The number of carbonyl (C=O) groups is 1. The van der Waals surface area contributed by atoms with Gasteiger partial charge in [0.2, 0.25) is 5.95 Å². The first-order valence-corrected chi connectivity index (χ1v) is 9.79. The van der Waals surface area contributed by atoms with E-state index in [1.165, 1.54) is 22.0 Å². The molecule has 3 heterocycles. The highest BCUT2D eigenvalue weighted by Gasteiger charge is 2.41. The van der Waals surface area contributed by atoms with Crippen LogP contribution in [0.15, 0.2) is 53.3 Å². The van der Waals surface area contributed by atoms with Crippen LogP contribution in [0.3, 0.4) is 0 Å². The number of halogens is 2. The minimum absolute atomic E-state index is 0.0207. The van der Waals surface area contributed by atoms with Crippen molar-refractivity contribution in [2.45, 2.75) is 24.8 Å². The summed E-state index contributed by atoms with van der Waals surface area (Å²) < 4.78 is 16.3. The molecule has 8 heteroatoms. The highest BCUT2D eigenvalue weighted by Crippen LogP contribution is 2.46. The lowest BCUT2D eigenvalue weighted by Gasteiger charge is -2.35. The van der Waals surface area contributed by atoms with Crippen molar-refractivity contribution < 1.29 is 9.18 Å². The van der Waals surface area contributed by atoms with Crippen LogP contribution in [0.1, 0.15) is 35.2 Å². The lowest BCUT2D eigenvalue weighted by molar-refractivity contribution is -0.116. The summed E-state index contributed by atoms with van der Waals surface area (Å²) in [6, 6.07) is 7.84. The average Bonchev–Trinajstić information content (AvgIpc) is 3.32. The van der Waals surface area contributed by atoms with Crippen molar-refractivity contribution in [2.24, 2.45) is 0 Å². The maximum absolute atomic E-state index is 14.7. The standard InChI is InChI=1S/C19H14ClFN4OS/c20-11-3-1-4-12(21)16(11)18-17-13(24-19-22-9-23-25(18)19)7-10(8-14(17)26)15-5-2-6-27-15/h1-6,9-10,18H,7-8H2,(H,22,23,24). The lowest BCUT2D eigenvalue weighted by Crippen LogP contribution is -2.34. The topological polar surface area (TPSA) is 59.8 Å². The van der Waals surface area contributed by atoms with E-state index in [1.54, 1.807) is 23.5 Å². The number of anilines is 1. The van der Waals surface area contributed by atoms with Crippen molar-refractivity contribution in [1.29, 1.82) is 0 Å². The minimum atomic E-state index is -0.718. The van der Waals surface area contributed by atoms with E-state index in [0.29, 0.717) is 24.4 Å². The molecule has 0 fully saturated rings. The fourth-order valence-corrected chi connectivity index (χ4v) is 5.01. The van der Waals surface area contributed by atoms with Crippen LogP contribution >= 0.6 is 22.9 Å². The van der Waals surface area contributed by atoms with E-state index >= 15 is 0 Å². The number of aromatic nitrogens is 3. The molecule has 136 valence electrons. The van der Waals surface area contributed by atoms with Gasteiger partial charge in [0, 0.05) is 39.1 Å². The second-order valence-corrected chi connectivity index (χ2v) is 8.01. The number of carbonyl (C=O) groups excluding carboxylic acids is 1. The molecular weight excluding hydrogens is 387 g/mol. The van der Waals surface area contributed by atoms with Gasteiger partial charge in [-0.2, -0.15) is 10.1 Å². The van der Waals surface area contributed by atoms with Crippen molar-refractivity contribution >= 4 is 34.7 Å². The van der Waals surface area contributed by atoms with Crippen LogP contribution in [0.2, 0.25) is 5.02 Å². The number of nitrogens with one attached hydrogen (secondary N) is 1. The van der Waals surface area contributed by atoms with E-state index in [9.17, 15) is 9.18 Å². The third kappa shape index (κ3) is 2.61. The van der Waals surface area contributed by atoms with Crippen molar-refractivity contribution in [3.05, 3.63) is 74.6 Å². The fraction of sp³-hybridized carbons (Fsp3) is 0.211. The Hall–Kier alpha value is -2.51. The van der Waals surface area contributed by atoms with Gasteiger partial charge in [-0.15, -0.1) is 11.3 Å². The molecule has 2 atom stereocenters. The van der Waals surface area contributed by atoms with Gasteiger partial charge < -0.3 is 5.32 Å². The molecule has 0 amide bonds. The van der Waals surface area contributed by atoms with E-state index in [4.69, 9.17) is 11.6 Å². The van der Waals surface area contributed by atoms with Crippen LogP contribution in [0.4, 0.5) is 10.3 Å². The number of Topliss-reactive ketones (excluding diaryl/α,β-unsaturated/α-hetero) is 1. The Morgan fingerprint density at radius 3 is 2.93 bits per heavy atom. The molecule has 0 spiro atoms. The van der Waals surface area contributed by atoms with Crippen molar-refractivity contribution in [2.75, 3.05) is 5.32 Å². The molecule has 0 bridgehead atoms. The maximum Gasteiger partial charge on any atom is 0.226 e. The Bertz CT molecular complexity index is 1060. The van der Waals surface area contributed by atoms with E-state index in [2.05, 4.69) is 15.4 Å². The average molecular weight is 401 g/mol. The number of hydrogen-bond donors (Lipinski definition) is 1. The molecule has 2 aromatic heterocycles. The van der Waals surface area contributed by atoms with Gasteiger partial charge in [-0.1, -0.05) is 23.7 Å². The van der Waals surface area contributed by atoms with Crippen molar-refractivity contribution in [3.8, 4) is 0 Å². The number of allylic oxidation sites excluding steroid dienone is 2. The van der Waals surface area contributed by atoms with Gasteiger partial charge in [0.05, 0.1) is 0 Å². The van der Waals surface area contributed by atoms with Crippen LogP contribution < -0.4 is 5.32 Å². The first-order valence-electron chi connectivity index (χ1n) is 8.53. The summed E-state index contributed by atoms with van der Waals surface area (Å²) in [5.41, 5.74) is 1.55.